The van der Waals surface area contributed by atoms with Gasteiger partial charge in [-0.25, -0.2) is 9.36 Å². The van der Waals surface area contributed by atoms with Gasteiger partial charge in [-0.2, -0.15) is 0 Å². The van der Waals surface area contributed by atoms with Crippen molar-refractivity contribution in [3.8, 4) is 18.1 Å². The molecular formula is C20H29O7PS2. The molecule has 1 rings (SSSR count). The van der Waals surface area contributed by atoms with E-state index in [4.69, 9.17) is 29.5 Å². The lowest BCUT2D eigenvalue weighted by atomic mass is 10.2. The van der Waals surface area contributed by atoms with E-state index in [-0.39, 0.29) is 25.8 Å². The normalized spacial score (nSPS) is 11.1. The summed E-state index contributed by atoms with van der Waals surface area (Å²) < 4.78 is 38.4. The van der Waals surface area contributed by atoms with Crippen LogP contribution in [0.1, 0.15) is 37.0 Å². The van der Waals surface area contributed by atoms with Crippen molar-refractivity contribution in [2.75, 3.05) is 44.5 Å². The molecule has 0 aliphatic rings. The molecule has 0 saturated heterocycles. The van der Waals surface area contributed by atoms with E-state index in [1.165, 1.54) is 0 Å². The lowest BCUT2D eigenvalue weighted by Gasteiger charge is -2.16. The maximum atomic E-state index is 12.1. The van der Waals surface area contributed by atoms with Gasteiger partial charge in [-0.1, -0.05) is 27.5 Å². The molecule has 0 N–H and O–H groups in total. The SMILES string of the molecule is C#CCSSCCOC(=O)c1ccc(OCCCCOP(=O)(OCC)OCC)cc1. The van der Waals surface area contributed by atoms with Crippen LogP contribution >= 0.6 is 29.4 Å². The van der Waals surface area contributed by atoms with Crippen LogP contribution in [0.4, 0.5) is 0 Å². The zero-order valence-electron chi connectivity index (χ0n) is 17.4. The lowest BCUT2D eigenvalue weighted by molar-refractivity contribution is 0.0530. The number of ether oxygens (including phenoxy) is 2. The molecule has 0 aliphatic carbocycles. The number of unbranched alkanes of at least 4 members (excludes halogenated alkanes) is 1. The largest absolute Gasteiger partial charge is 0.494 e. The van der Waals surface area contributed by atoms with Gasteiger partial charge >= 0.3 is 13.8 Å². The summed E-state index contributed by atoms with van der Waals surface area (Å²) in [5.41, 5.74) is 0.472. The zero-order chi connectivity index (χ0) is 22.1. The molecule has 10 heteroatoms. The Morgan fingerprint density at radius 1 is 1.00 bits per heavy atom. The van der Waals surface area contributed by atoms with Crippen molar-refractivity contribution in [1.29, 1.82) is 0 Å². The fourth-order valence-electron chi connectivity index (χ4n) is 2.07. The van der Waals surface area contributed by atoms with Crippen LogP contribution in [0, 0.1) is 12.3 Å². The number of phosphoric ester groups is 1. The molecule has 7 nitrogen and oxygen atoms in total. The Kier molecular flexibility index (Phi) is 14.8. The van der Waals surface area contributed by atoms with E-state index >= 15 is 0 Å². The molecule has 0 amide bonds. The average Bonchev–Trinajstić information content (AvgIpc) is 2.73. The molecule has 0 unspecified atom stereocenters. The molecule has 0 bridgehead atoms. The van der Waals surface area contributed by atoms with Gasteiger partial charge in [0.05, 0.1) is 37.7 Å². The van der Waals surface area contributed by atoms with Gasteiger partial charge in [-0.3, -0.25) is 13.6 Å². The Bertz CT molecular complexity index is 681. The minimum atomic E-state index is -3.45. The van der Waals surface area contributed by atoms with Crippen molar-refractivity contribution in [3.63, 3.8) is 0 Å². The smallest absolute Gasteiger partial charge is 0.474 e. The van der Waals surface area contributed by atoms with Crippen LogP contribution < -0.4 is 4.74 Å². The van der Waals surface area contributed by atoms with Crippen molar-refractivity contribution >= 4 is 35.4 Å². The first-order valence-corrected chi connectivity index (χ1v) is 13.6. The maximum Gasteiger partial charge on any atom is 0.474 e. The summed E-state index contributed by atoms with van der Waals surface area (Å²) in [6.07, 6.45) is 6.51. The molecule has 0 aromatic heterocycles. The number of hydrogen-bond donors (Lipinski definition) is 0. The van der Waals surface area contributed by atoms with Crippen molar-refractivity contribution in [2.24, 2.45) is 0 Å². The predicted octanol–water partition coefficient (Wildman–Crippen LogP) is 5.21. The molecule has 0 aliphatic heterocycles. The van der Waals surface area contributed by atoms with Crippen LogP contribution in [0.5, 0.6) is 5.75 Å². The summed E-state index contributed by atoms with van der Waals surface area (Å²) in [5.74, 6) is 4.14. The molecule has 0 heterocycles. The Hall–Kier alpha value is -1.14. The van der Waals surface area contributed by atoms with E-state index in [2.05, 4.69) is 5.92 Å². The molecule has 0 spiro atoms. The highest BCUT2D eigenvalue weighted by molar-refractivity contribution is 8.76. The molecule has 1 aromatic carbocycles. The van der Waals surface area contributed by atoms with Crippen molar-refractivity contribution < 1.29 is 32.4 Å². The maximum absolute atomic E-state index is 12.1. The van der Waals surface area contributed by atoms with E-state index in [9.17, 15) is 9.36 Å². The average molecular weight is 477 g/mol. The summed E-state index contributed by atoms with van der Waals surface area (Å²) in [5, 5.41) is 0. The second-order valence-corrected chi connectivity index (χ2v) is 9.87. The van der Waals surface area contributed by atoms with E-state index < -0.39 is 7.82 Å². The van der Waals surface area contributed by atoms with Crippen LogP contribution in [-0.2, 0) is 22.9 Å². The highest BCUT2D eigenvalue weighted by Gasteiger charge is 2.24. The molecular weight excluding hydrogens is 447 g/mol. The van der Waals surface area contributed by atoms with Gasteiger partial charge in [0.15, 0.2) is 0 Å². The van der Waals surface area contributed by atoms with Gasteiger partial charge in [0.2, 0.25) is 0 Å². The van der Waals surface area contributed by atoms with Crippen molar-refractivity contribution in [3.05, 3.63) is 29.8 Å². The van der Waals surface area contributed by atoms with Gasteiger partial charge in [0, 0.05) is 5.75 Å². The van der Waals surface area contributed by atoms with Gasteiger partial charge < -0.3 is 9.47 Å². The number of rotatable bonds is 17. The van der Waals surface area contributed by atoms with Gasteiger partial charge in [-0.05, 0) is 51.0 Å². The van der Waals surface area contributed by atoms with Crippen LogP contribution in [0.15, 0.2) is 24.3 Å². The number of benzene rings is 1. The quantitative estimate of drug-likeness (QED) is 0.0989. The third-order valence-corrected chi connectivity index (χ3v) is 7.13. The molecule has 0 atom stereocenters. The van der Waals surface area contributed by atoms with Crippen LogP contribution in [0.25, 0.3) is 0 Å². The molecule has 0 saturated carbocycles. The van der Waals surface area contributed by atoms with Gasteiger partial charge in [0.25, 0.3) is 0 Å². The fraction of sp³-hybridized carbons (Fsp3) is 0.550. The van der Waals surface area contributed by atoms with Crippen LogP contribution in [0.3, 0.4) is 0 Å². The van der Waals surface area contributed by atoms with E-state index in [0.29, 0.717) is 48.9 Å². The fourth-order valence-corrected chi connectivity index (χ4v) is 4.71. The standard InChI is InChI=1S/C20H29O7PS2/c1-4-16-29-30-17-15-24-20(21)18-9-11-19(12-10-18)23-13-7-8-14-27-28(22,25-5-2)26-6-3/h1,9-12H,5-8,13-17H2,2-3H3. The zero-order valence-corrected chi connectivity index (χ0v) is 19.9. The topological polar surface area (TPSA) is 80.3 Å². The number of carbonyl (C=O) groups excluding carboxylic acids is 1. The third kappa shape index (κ3) is 11.9. The van der Waals surface area contributed by atoms with E-state index in [1.54, 1.807) is 59.7 Å². The number of hydrogen-bond acceptors (Lipinski definition) is 9. The monoisotopic (exact) mass is 476 g/mol. The second kappa shape index (κ2) is 16.5. The van der Waals surface area contributed by atoms with Crippen molar-refractivity contribution in [1.82, 2.24) is 0 Å². The van der Waals surface area contributed by atoms with Crippen LogP contribution in [-0.4, -0.2) is 50.5 Å². The van der Waals surface area contributed by atoms with E-state index in [0.717, 1.165) is 0 Å². The first-order chi connectivity index (χ1) is 14.5. The minimum absolute atomic E-state index is 0.255. The number of phosphoric acid groups is 1. The Morgan fingerprint density at radius 2 is 1.67 bits per heavy atom. The van der Waals surface area contributed by atoms with Crippen LogP contribution in [0.2, 0.25) is 0 Å². The Labute approximate surface area is 186 Å². The first kappa shape index (κ1) is 26.9. The third-order valence-electron chi connectivity index (χ3n) is 3.35. The lowest BCUT2D eigenvalue weighted by Crippen LogP contribution is -2.07. The molecule has 168 valence electrons. The summed E-state index contributed by atoms with van der Waals surface area (Å²) >= 11 is 0. The van der Waals surface area contributed by atoms with E-state index in [1.807, 2.05) is 0 Å². The predicted molar refractivity (Wildman–Crippen MR) is 122 cm³/mol. The van der Waals surface area contributed by atoms with Gasteiger partial charge in [-0.15, -0.1) is 6.42 Å². The summed E-state index contributed by atoms with van der Waals surface area (Å²) in [6.45, 7) is 5.03. The second-order valence-electron chi connectivity index (χ2n) is 5.62. The summed E-state index contributed by atoms with van der Waals surface area (Å²) in [6, 6.07) is 6.79. The van der Waals surface area contributed by atoms with Crippen molar-refractivity contribution in [2.45, 2.75) is 26.7 Å². The Balaban J connectivity index is 2.21. The number of terminal acetylenes is 1. The number of carbonyl (C=O) groups is 1. The molecule has 1 aromatic rings. The highest BCUT2D eigenvalue weighted by atomic mass is 33.1. The molecule has 0 fully saturated rings. The molecule has 30 heavy (non-hydrogen) atoms. The summed E-state index contributed by atoms with van der Waals surface area (Å²) in [4.78, 5) is 12.0. The summed E-state index contributed by atoms with van der Waals surface area (Å²) in [7, 11) is -0.316. The Morgan fingerprint density at radius 3 is 2.30 bits per heavy atom. The number of esters is 1. The first-order valence-electron chi connectivity index (χ1n) is 9.66. The van der Waals surface area contributed by atoms with Gasteiger partial charge in [0.1, 0.15) is 12.4 Å². The minimum Gasteiger partial charge on any atom is -0.494 e. The highest BCUT2D eigenvalue weighted by Crippen LogP contribution is 2.49. The molecule has 0 radical (unpaired) electrons.